The van der Waals surface area contributed by atoms with E-state index in [4.69, 9.17) is 5.11 Å². The topological polar surface area (TPSA) is 87.6 Å². The van der Waals surface area contributed by atoms with Crippen molar-refractivity contribution in [1.29, 1.82) is 0 Å². The summed E-state index contributed by atoms with van der Waals surface area (Å²) in [7, 11) is 0. The molecule has 3 rings (SSSR count). The predicted octanol–water partition coefficient (Wildman–Crippen LogP) is 2.34. The quantitative estimate of drug-likeness (QED) is 0.855. The van der Waals surface area contributed by atoms with E-state index in [-0.39, 0.29) is 22.7 Å². The highest BCUT2D eigenvalue weighted by Gasteiger charge is 2.40. The normalized spacial score (nSPS) is 17.4. The third kappa shape index (κ3) is 3.00. The first kappa shape index (κ1) is 16.1. The monoisotopic (exact) mass is 346 g/mol. The van der Waals surface area contributed by atoms with Crippen LogP contribution in [-0.4, -0.2) is 33.1 Å². The molecule has 1 aromatic heterocycles. The number of aromatic nitrogens is 1. The number of pyridine rings is 1. The van der Waals surface area contributed by atoms with Crippen LogP contribution in [-0.2, 0) is 9.59 Å². The van der Waals surface area contributed by atoms with Gasteiger partial charge in [-0.3, -0.25) is 9.59 Å². The second-order valence-electron chi connectivity index (χ2n) is 5.02. The molecule has 0 saturated carbocycles. The number of carboxylic acid groups (broad SMARTS) is 1. The van der Waals surface area contributed by atoms with Crippen molar-refractivity contribution in [2.24, 2.45) is 0 Å². The SMILES string of the molecule is O=C(O)c1cccnc1S[C@H]1CC(=O)N(c2ccc(F)cc2)C1=O. The Balaban J connectivity index is 1.85. The van der Waals surface area contributed by atoms with Crippen LogP contribution in [0.25, 0.3) is 0 Å². The van der Waals surface area contributed by atoms with Gasteiger partial charge in [0, 0.05) is 12.6 Å². The van der Waals surface area contributed by atoms with Gasteiger partial charge in [0.2, 0.25) is 11.8 Å². The van der Waals surface area contributed by atoms with E-state index in [2.05, 4.69) is 4.98 Å². The lowest BCUT2D eigenvalue weighted by Crippen LogP contribution is -2.31. The highest BCUT2D eigenvalue weighted by molar-refractivity contribution is 8.00. The molecule has 0 unspecified atom stereocenters. The number of amides is 2. The molecule has 0 radical (unpaired) electrons. The second-order valence-corrected chi connectivity index (χ2v) is 6.21. The van der Waals surface area contributed by atoms with Crippen LogP contribution in [0.1, 0.15) is 16.8 Å². The van der Waals surface area contributed by atoms with Gasteiger partial charge in [-0.1, -0.05) is 11.8 Å². The Morgan fingerprint density at radius 3 is 2.62 bits per heavy atom. The Hall–Kier alpha value is -2.74. The van der Waals surface area contributed by atoms with Crippen molar-refractivity contribution in [1.82, 2.24) is 4.98 Å². The van der Waals surface area contributed by atoms with Gasteiger partial charge < -0.3 is 5.11 Å². The molecule has 1 aromatic carbocycles. The first-order valence-corrected chi connectivity index (χ1v) is 7.82. The van der Waals surface area contributed by atoms with Crippen molar-refractivity contribution in [3.63, 3.8) is 0 Å². The summed E-state index contributed by atoms with van der Waals surface area (Å²) in [6, 6.07) is 7.90. The first-order valence-electron chi connectivity index (χ1n) is 6.94. The van der Waals surface area contributed by atoms with Crippen LogP contribution in [0.3, 0.4) is 0 Å². The largest absolute Gasteiger partial charge is 0.478 e. The molecule has 1 aliphatic heterocycles. The summed E-state index contributed by atoms with van der Waals surface area (Å²) in [5.41, 5.74) is 0.261. The van der Waals surface area contributed by atoms with Gasteiger partial charge in [-0.15, -0.1) is 0 Å². The molecular weight excluding hydrogens is 335 g/mol. The van der Waals surface area contributed by atoms with E-state index >= 15 is 0 Å². The van der Waals surface area contributed by atoms with Crippen LogP contribution in [0.2, 0.25) is 0 Å². The van der Waals surface area contributed by atoms with Crippen LogP contribution in [0.4, 0.5) is 10.1 Å². The summed E-state index contributed by atoms with van der Waals surface area (Å²) >= 11 is 0.942. The summed E-state index contributed by atoms with van der Waals surface area (Å²) in [6.07, 6.45) is 1.35. The number of hydrogen-bond acceptors (Lipinski definition) is 5. The number of rotatable bonds is 4. The molecule has 2 aromatic rings. The average molecular weight is 346 g/mol. The van der Waals surface area contributed by atoms with Crippen LogP contribution < -0.4 is 4.90 Å². The van der Waals surface area contributed by atoms with Gasteiger partial charge in [0.1, 0.15) is 10.8 Å². The van der Waals surface area contributed by atoms with E-state index < -0.39 is 28.9 Å². The van der Waals surface area contributed by atoms with Crippen LogP contribution in [0, 0.1) is 5.82 Å². The van der Waals surface area contributed by atoms with Gasteiger partial charge in [0.25, 0.3) is 0 Å². The van der Waals surface area contributed by atoms with E-state index in [0.29, 0.717) is 0 Å². The predicted molar refractivity (Wildman–Crippen MR) is 84.4 cm³/mol. The van der Waals surface area contributed by atoms with E-state index in [9.17, 15) is 18.8 Å². The summed E-state index contributed by atoms with van der Waals surface area (Å²) in [4.78, 5) is 40.8. The molecule has 1 saturated heterocycles. The number of nitrogens with zero attached hydrogens (tertiary/aromatic N) is 2. The number of aromatic carboxylic acids is 1. The minimum Gasteiger partial charge on any atom is -0.478 e. The lowest BCUT2D eigenvalue weighted by Gasteiger charge is -2.15. The van der Waals surface area contributed by atoms with Gasteiger partial charge in [0.05, 0.1) is 16.5 Å². The van der Waals surface area contributed by atoms with Gasteiger partial charge in [-0.05, 0) is 36.4 Å². The molecule has 0 bridgehead atoms. The van der Waals surface area contributed by atoms with Crippen LogP contribution in [0.5, 0.6) is 0 Å². The Morgan fingerprint density at radius 1 is 1.25 bits per heavy atom. The fourth-order valence-corrected chi connectivity index (χ4v) is 3.45. The van der Waals surface area contributed by atoms with Crippen LogP contribution >= 0.6 is 11.8 Å². The molecule has 6 nitrogen and oxygen atoms in total. The molecule has 24 heavy (non-hydrogen) atoms. The van der Waals surface area contributed by atoms with Crippen molar-refractivity contribution in [2.75, 3.05) is 4.90 Å². The van der Waals surface area contributed by atoms with Crippen molar-refractivity contribution < 1.29 is 23.9 Å². The Labute approximate surface area is 140 Å². The number of imide groups is 1. The molecule has 1 fully saturated rings. The van der Waals surface area contributed by atoms with Crippen molar-refractivity contribution >= 4 is 35.2 Å². The average Bonchev–Trinajstić information content (AvgIpc) is 2.83. The number of carbonyl (C=O) groups excluding carboxylic acids is 2. The lowest BCUT2D eigenvalue weighted by atomic mass is 10.3. The number of hydrogen-bond donors (Lipinski definition) is 1. The second kappa shape index (κ2) is 6.40. The molecule has 2 heterocycles. The Bertz CT molecular complexity index is 825. The smallest absolute Gasteiger partial charge is 0.338 e. The van der Waals surface area contributed by atoms with Gasteiger partial charge in [-0.2, -0.15) is 0 Å². The molecule has 1 N–H and O–H groups in total. The summed E-state index contributed by atoms with van der Waals surface area (Å²) in [5.74, 6) is -2.52. The van der Waals surface area contributed by atoms with Crippen LogP contribution in [0.15, 0.2) is 47.6 Å². The lowest BCUT2D eigenvalue weighted by molar-refractivity contribution is -0.121. The highest BCUT2D eigenvalue weighted by Crippen LogP contribution is 2.34. The van der Waals surface area contributed by atoms with Gasteiger partial charge in [0.15, 0.2) is 0 Å². The third-order valence-electron chi connectivity index (χ3n) is 3.45. The van der Waals surface area contributed by atoms with Crippen molar-refractivity contribution in [3.8, 4) is 0 Å². The molecule has 122 valence electrons. The van der Waals surface area contributed by atoms with E-state index in [0.717, 1.165) is 28.8 Å². The fourth-order valence-electron chi connectivity index (χ4n) is 2.34. The van der Waals surface area contributed by atoms with E-state index in [1.807, 2.05) is 0 Å². The maximum absolute atomic E-state index is 13.0. The minimum atomic E-state index is -1.15. The summed E-state index contributed by atoms with van der Waals surface area (Å²) in [6.45, 7) is 0. The molecule has 0 spiro atoms. The zero-order valence-corrected chi connectivity index (χ0v) is 13.0. The summed E-state index contributed by atoms with van der Waals surface area (Å²) < 4.78 is 13.0. The minimum absolute atomic E-state index is 0.0250. The molecule has 8 heteroatoms. The van der Waals surface area contributed by atoms with Crippen molar-refractivity contribution in [3.05, 3.63) is 54.0 Å². The fraction of sp³-hybridized carbons (Fsp3) is 0.125. The number of thioether (sulfide) groups is 1. The zero-order valence-electron chi connectivity index (χ0n) is 12.2. The van der Waals surface area contributed by atoms with E-state index in [1.165, 1.54) is 30.5 Å². The highest BCUT2D eigenvalue weighted by atomic mass is 32.2. The number of halogens is 1. The summed E-state index contributed by atoms with van der Waals surface area (Å²) in [5, 5.41) is 8.57. The third-order valence-corrected chi connectivity index (χ3v) is 4.65. The number of carbonyl (C=O) groups is 3. The number of benzene rings is 1. The standard InChI is InChI=1S/C16H11FN2O4S/c17-9-3-5-10(6-4-9)19-13(20)8-12(15(19)21)24-14-11(16(22)23)2-1-7-18-14/h1-7,12H,8H2,(H,22,23)/t12-/m0/s1. The first-order chi connectivity index (χ1) is 11.5. The number of carboxylic acids is 1. The molecular formula is C16H11FN2O4S. The van der Waals surface area contributed by atoms with Crippen molar-refractivity contribution in [2.45, 2.75) is 16.7 Å². The van der Waals surface area contributed by atoms with Gasteiger partial charge >= 0.3 is 5.97 Å². The zero-order chi connectivity index (χ0) is 17.3. The maximum Gasteiger partial charge on any atom is 0.338 e. The Kier molecular flexibility index (Phi) is 4.30. The Morgan fingerprint density at radius 2 is 1.96 bits per heavy atom. The molecule has 1 aliphatic rings. The molecule has 2 amide bonds. The molecule has 1 atom stereocenters. The van der Waals surface area contributed by atoms with Gasteiger partial charge in [-0.25, -0.2) is 19.1 Å². The maximum atomic E-state index is 13.0. The number of anilines is 1. The molecule has 0 aliphatic carbocycles. The van der Waals surface area contributed by atoms with E-state index in [1.54, 1.807) is 0 Å².